The van der Waals surface area contributed by atoms with Crippen LogP contribution in [0.5, 0.6) is 5.75 Å². The second-order valence-corrected chi connectivity index (χ2v) is 5.07. The summed E-state index contributed by atoms with van der Waals surface area (Å²) in [7, 11) is 0. The highest BCUT2D eigenvalue weighted by Crippen LogP contribution is 2.14. The molecule has 0 aliphatic rings. The van der Waals surface area contributed by atoms with Crippen LogP contribution in [0.15, 0.2) is 54.6 Å². The lowest BCUT2D eigenvalue weighted by molar-refractivity contribution is 0.306. The Kier molecular flexibility index (Phi) is 4.83. The van der Waals surface area contributed by atoms with Crippen molar-refractivity contribution in [3.63, 3.8) is 0 Å². The summed E-state index contributed by atoms with van der Waals surface area (Å²) >= 11 is 0. The van der Waals surface area contributed by atoms with Gasteiger partial charge in [-0.25, -0.2) is 0 Å². The summed E-state index contributed by atoms with van der Waals surface area (Å²) < 4.78 is 5.77. The molecule has 1 heterocycles. The molecule has 6 nitrogen and oxygen atoms in total. The highest BCUT2D eigenvalue weighted by atomic mass is 16.5. The number of nitrogens with zero attached hydrogens (tertiary/aromatic N) is 4. The average molecular weight is 309 g/mol. The molecule has 0 atom stereocenters. The zero-order valence-electron chi connectivity index (χ0n) is 13.0. The van der Waals surface area contributed by atoms with Crippen LogP contribution in [0, 0.1) is 0 Å². The minimum atomic E-state index is 0.538. The van der Waals surface area contributed by atoms with Crippen molar-refractivity contribution < 1.29 is 4.74 Å². The SMILES string of the molecule is CCn1nnc(NCc2ccc(OCc3ccccc3)cc2)n1. The first-order valence-electron chi connectivity index (χ1n) is 7.61. The van der Waals surface area contributed by atoms with Gasteiger partial charge in [-0.2, -0.15) is 4.80 Å². The van der Waals surface area contributed by atoms with E-state index >= 15 is 0 Å². The molecule has 0 aliphatic heterocycles. The lowest BCUT2D eigenvalue weighted by Crippen LogP contribution is -2.03. The third kappa shape index (κ3) is 4.29. The van der Waals surface area contributed by atoms with E-state index in [1.54, 1.807) is 4.80 Å². The van der Waals surface area contributed by atoms with Crippen LogP contribution in [0.25, 0.3) is 0 Å². The van der Waals surface area contributed by atoms with E-state index in [2.05, 4.69) is 32.9 Å². The Morgan fingerprint density at radius 3 is 2.48 bits per heavy atom. The van der Waals surface area contributed by atoms with Crippen molar-refractivity contribution in [1.82, 2.24) is 20.2 Å². The summed E-state index contributed by atoms with van der Waals surface area (Å²) in [6, 6.07) is 18.1. The number of anilines is 1. The standard InChI is InChI=1S/C17H19N5O/c1-2-22-20-17(19-21-22)18-12-14-8-10-16(11-9-14)23-13-15-6-4-3-5-7-15/h3-11H,2,12-13H2,1H3,(H,18,20). The molecular formula is C17H19N5O. The van der Waals surface area contributed by atoms with Crippen molar-refractivity contribution in [2.45, 2.75) is 26.6 Å². The first-order valence-corrected chi connectivity index (χ1v) is 7.61. The Balaban J connectivity index is 1.50. The van der Waals surface area contributed by atoms with Gasteiger partial charge in [-0.1, -0.05) is 47.6 Å². The largest absolute Gasteiger partial charge is 0.489 e. The van der Waals surface area contributed by atoms with Gasteiger partial charge in [-0.05, 0) is 35.4 Å². The van der Waals surface area contributed by atoms with E-state index in [4.69, 9.17) is 4.74 Å². The second kappa shape index (κ2) is 7.40. The van der Waals surface area contributed by atoms with Crippen molar-refractivity contribution in [2.24, 2.45) is 0 Å². The molecule has 0 saturated heterocycles. The van der Waals surface area contributed by atoms with Crippen molar-refractivity contribution in [3.05, 3.63) is 65.7 Å². The topological polar surface area (TPSA) is 64.9 Å². The van der Waals surface area contributed by atoms with Gasteiger partial charge in [-0.15, -0.1) is 5.10 Å². The van der Waals surface area contributed by atoms with Gasteiger partial charge in [0.15, 0.2) is 0 Å². The Morgan fingerprint density at radius 1 is 1.00 bits per heavy atom. The summed E-state index contributed by atoms with van der Waals surface area (Å²) in [6.45, 7) is 3.90. The Labute approximate surface area is 135 Å². The molecule has 1 N–H and O–H groups in total. The fourth-order valence-electron chi connectivity index (χ4n) is 2.07. The molecule has 0 unspecified atom stereocenters. The molecular weight excluding hydrogens is 290 g/mol. The molecule has 0 fully saturated rings. The van der Waals surface area contributed by atoms with Gasteiger partial charge >= 0.3 is 0 Å². The normalized spacial score (nSPS) is 10.5. The van der Waals surface area contributed by atoms with Crippen molar-refractivity contribution in [1.29, 1.82) is 0 Å². The highest BCUT2D eigenvalue weighted by Gasteiger charge is 2.01. The van der Waals surface area contributed by atoms with Gasteiger partial charge in [-0.3, -0.25) is 0 Å². The number of nitrogens with one attached hydrogen (secondary N) is 1. The van der Waals surface area contributed by atoms with Crippen molar-refractivity contribution >= 4 is 5.95 Å². The number of rotatable bonds is 7. The smallest absolute Gasteiger partial charge is 0.263 e. The van der Waals surface area contributed by atoms with Crippen molar-refractivity contribution in [3.8, 4) is 5.75 Å². The summed E-state index contributed by atoms with van der Waals surface area (Å²) in [5.41, 5.74) is 2.29. The first kappa shape index (κ1) is 15.0. The molecule has 1 aromatic heterocycles. The zero-order valence-corrected chi connectivity index (χ0v) is 13.0. The average Bonchev–Trinajstić information content (AvgIpc) is 3.08. The third-order valence-corrected chi connectivity index (χ3v) is 3.36. The summed E-state index contributed by atoms with van der Waals surface area (Å²) in [5, 5.41) is 15.2. The van der Waals surface area contributed by atoms with E-state index in [-0.39, 0.29) is 0 Å². The van der Waals surface area contributed by atoms with Gasteiger partial charge in [0.2, 0.25) is 0 Å². The van der Waals surface area contributed by atoms with Gasteiger partial charge in [0.1, 0.15) is 12.4 Å². The number of ether oxygens (including phenoxy) is 1. The van der Waals surface area contributed by atoms with E-state index in [1.807, 2.05) is 49.4 Å². The minimum Gasteiger partial charge on any atom is -0.489 e. The molecule has 0 aliphatic carbocycles. The molecule has 2 aromatic carbocycles. The molecule has 0 amide bonds. The van der Waals surface area contributed by atoms with Crippen LogP contribution in [-0.2, 0) is 19.7 Å². The molecule has 118 valence electrons. The van der Waals surface area contributed by atoms with Gasteiger partial charge in [0.05, 0.1) is 6.54 Å². The molecule has 0 spiro atoms. The molecule has 0 radical (unpaired) electrons. The maximum absolute atomic E-state index is 5.77. The Morgan fingerprint density at radius 2 is 1.78 bits per heavy atom. The summed E-state index contributed by atoms with van der Waals surface area (Å²) in [6.07, 6.45) is 0. The molecule has 0 bridgehead atoms. The number of aryl methyl sites for hydroxylation is 1. The Bertz CT molecular complexity index is 724. The number of tetrazole rings is 1. The van der Waals surface area contributed by atoms with Crippen LogP contribution >= 0.6 is 0 Å². The van der Waals surface area contributed by atoms with Crippen LogP contribution < -0.4 is 10.1 Å². The molecule has 3 aromatic rings. The fourth-order valence-corrected chi connectivity index (χ4v) is 2.07. The van der Waals surface area contributed by atoms with Crippen LogP contribution in [-0.4, -0.2) is 20.2 Å². The monoisotopic (exact) mass is 309 g/mol. The second-order valence-electron chi connectivity index (χ2n) is 5.07. The lowest BCUT2D eigenvalue weighted by Gasteiger charge is -2.07. The quantitative estimate of drug-likeness (QED) is 0.727. The number of aromatic nitrogens is 4. The lowest BCUT2D eigenvalue weighted by atomic mass is 10.2. The van der Waals surface area contributed by atoms with E-state index in [0.717, 1.165) is 16.9 Å². The number of benzene rings is 2. The zero-order chi connectivity index (χ0) is 15.9. The van der Waals surface area contributed by atoms with Crippen LogP contribution in [0.4, 0.5) is 5.95 Å². The molecule has 3 rings (SSSR count). The van der Waals surface area contributed by atoms with Crippen LogP contribution in [0.3, 0.4) is 0 Å². The van der Waals surface area contributed by atoms with E-state index in [0.29, 0.717) is 25.6 Å². The maximum atomic E-state index is 5.77. The predicted octanol–water partition coefficient (Wildman–Crippen LogP) is 2.88. The van der Waals surface area contributed by atoms with Crippen LogP contribution in [0.1, 0.15) is 18.1 Å². The molecule has 23 heavy (non-hydrogen) atoms. The third-order valence-electron chi connectivity index (χ3n) is 3.36. The summed E-state index contributed by atoms with van der Waals surface area (Å²) in [5.74, 6) is 1.39. The van der Waals surface area contributed by atoms with Crippen molar-refractivity contribution in [2.75, 3.05) is 5.32 Å². The predicted molar refractivity (Wildman–Crippen MR) is 88.0 cm³/mol. The van der Waals surface area contributed by atoms with E-state index < -0.39 is 0 Å². The number of hydrogen-bond acceptors (Lipinski definition) is 5. The molecule has 0 saturated carbocycles. The van der Waals surface area contributed by atoms with Gasteiger partial charge < -0.3 is 10.1 Å². The highest BCUT2D eigenvalue weighted by molar-refractivity contribution is 5.30. The van der Waals surface area contributed by atoms with Gasteiger partial charge in [0.25, 0.3) is 5.95 Å². The van der Waals surface area contributed by atoms with Crippen LogP contribution in [0.2, 0.25) is 0 Å². The maximum Gasteiger partial charge on any atom is 0.263 e. The Hall–Kier alpha value is -2.89. The van der Waals surface area contributed by atoms with E-state index in [9.17, 15) is 0 Å². The first-order chi connectivity index (χ1) is 11.3. The molecule has 6 heteroatoms. The van der Waals surface area contributed by atoms with E-state index in [1.165, 1.54) is 0 Å². The fraction of sp³-hybridized carbons (Fsp3) is 0.235. The van der Waals surface area contributed by atoms with Gasteiger partial charge in [0, 0.05) is 6.54 Å². The summed E-state index contributed by atoms with van der Waals surface area (Å²) in [4.78, 5) is 1.54. The minimum absolute atomic E-state index is 0.538. The number of hydrogen-bond donors (Lipinski definition) is 1.